The first-order chi connectivity index (χ1) is 15.5. The van der Waals surface area contributed by atoms with E-state index in [2.05, 4.69) is 20.3 Å². The number of aryl methyl sites for hydroxylation is 2. The highest BCUT2D eigenvalue weighted by Crippen LogP contribution is 2.23. The highest BCUT2D eigenvalue weighted by molar-refractivity contribution is 5.98. The van der Waals surface area contributed by atoms with Crippen LogP contribution in [0.15, 0.2) is 29.1 Å². The van der Waals surface area contributed by atoms with Crippen molar-refractivity contribution in [3.63, 3.8) is 0 Å². The molecule has 0 saturated carbocycles. The number of aromatic amines is 1. The van der Waals surface area contributed by atoms with E-state index in [9.17, 15) is 14.4 Å². The third-order valence-electron chi connectivity index (χ3n) is 5.91. The summed E-state index contributed by atoms with van der Waals surface area (Å²) in [5, 5.41) is 7.60. The lowest BCUT2D eigenvalue weighted by molar-refractivity contribution is -0.132. The van der Waals surface area contributed by atoms with Crippen molar-refractivity contribution < 1.29 is 14.3 Å². The second kappa shape index (κ2) is 9.29. The number of ketones is 1. The van der Waals surface area contributed by atoms with E-state index < -0.39 is 0 Å². The van der Waals surface area contributed by atoms with Crippen LogP contribution < -0.4 is 10.3 Å². The largest absolute Gasteiger partial charge is 0.497 e. The van der Waals surface area contributed by atoms with Crippen LogP contribution in [0.4, 0.5) is 0 Å². The number of methoxy groups -OCH3 is 1. The third-order valence-corrected chi connectivity index (χ3v) is 5.91. The summed E-state index contributed by atoms with van der Waals surface area (Å²) in [6.07, 6.45) is 2.74. The standard InChI is InChI=1S/C22H26N6O4/c1-27-21-19(25-26-27)22(31)24-17(23-21)4-3-5-18(29)28-12-10-15(11-13-28)20(30)14-6-8-16(32-2)9-7-14/h6-9,15H,3-5,10-13H2,1-2H3,(H,23,24,31). The molecule has 0 radical (unpaired) electrons. The first-order valence-electron chi connectivity index (χ1n) is 10.7. The summed E-state index contributed by atoms with van der Waals surface area (Å²) in [6.45, 7) is 1.15. The van der Waals surface area contributed by atoms with E-state index in [1.807, 2.05) is 4.90 Å². The van der Waals surface area contributed by atoms with Crippen LogP contribution in [0.5, 0.6) is 5.75 Å². The number of fused-ring (bicyclic) bond motifs is 1. The first-order valence-corrected chi connectivity index (χ1v) is 10.7. The molecular formula is C22H26N6O4. The van der Waals surface area contributed by atoms with Gasteiger partial charge in [-0.15, -0.1) is 5.10 Å². The number of nitrogens with zero attached hydrogens (tertiary/aromatic N) is 5. The van der Waals surface area contributed by atoms with Gasteiger partial charge in [0, 0.05) is 44.5 Å². The Labute approximate surface area is 184 Å². The maximum atomic E-state index is 12.7. The molecule has 1 aromatic carbocycles. The minimum atomic E-state index is -0.326. The van der Waals surface area contributed by atoms with Gasteiger partial charge in [0.15, 0.2) is 16.9 Å². The second-order valence-corrected chi connectivity index (χ2v) is 8.00. The minimum absolute atomic E-state index is 0.0611. The second-order valence-electron chi connectivity index (χ2n) is 8.00. The highest BCUT2D eigenvalue weighted by Gasteiger charge is 2.27. The van der Waals surface area contributed by atoms with E-state index >= 15 is 0 Å². The predicted molar refractivity (Wildman–Crippen MR) is 116 cm³/mol. The number of nitrogens with one attached hydrogen (secondary N) is 1. The zero-order valence-electron chi connectivity index (χ0n) is 18.2. The van der Waals surface area contributed by atoms with Crippen LogP contribution in [0, 0.1) is 5.92 Å². The molecule has 0 unspecified atom stereocenters. The van der Waals surface area contributed by atoms with Crippen LogP contribution in [0.2, 0.25) is 0 Å². The van der Waals surface area contributed by atoms with Crippen LogP contribution in [-0.4, -0.2) is 61.8 Å². The Hall–Kier alpha value is -3.56. The average molecular weight is 438 g/mol. The molecule has 1 N–H and O–H groups in total. The van der Waals surface area contributed by atoms with Gasteiger partial charge in [0.25, 0.3) is 5.56 Å². The molecule has 0 spiro atoms. The van der Waals surface area contributed by atoms with Crippen molar-refractivity contribution in [1.82, 2.24) is 29.9 Å². The van der Waals surface area contributed by atoms with Crippen LogP contribution in [0.25, 0.3) is 11.2 Å². The van der Waals surface area contributed by atoms with E-state index in [0.717, 1.165) is 5.75 Å². The fraction of sp³-hybridized carbons (Fsp3) is 0.455. The molecule has 1 aliphatic heterocycles. The Kier molecular flexibility index (Phi) is 6.29. The van der Waals surface area contributed by atoms with Gasteiger partial charge in [-0.3, -0.25) is 14.4 Å². The zero-order chi connectivity index (χ0) is 22.7. The molecule has 3 heterocycles. The Morgan fingerprint density at radius 3 is 2.59 bits per heavy atom. The average Bonchev–Trinajstić information content (AvgIpc) is 3.20. The molecule has 0 aliphatic carbocycles. The number of carbonyl (C=O) groups excluding carboxylic acids is 2. The van der Waals surface area contributed by atoms with Crippen molar-refractivity contribution in [1.29, 1.82) is 0 Å². The van der Waals surface area contributed by atoms with Gasteiger partial charge in [-0.25, -0.2) is 9.67 Å². The molecule has 1 aliphatic rings. The Morgan fingerprint density at radius 2 is 1.91 bits per heavy atom. The fourth-order valence-corrected chi connectivity index (χ4v) is 4.04. The van der Waals surface area contributed by atoms with E-state index in [-0.39, 0.29) is 28.7 Å². The topological polar surface area (TPSA) is 123 Å². The van der Waals surface area contributed by atoms with Gasteiger partial charge in [-0.05, 0) is 43.5 Å². The molecule has 3 aromatic rings. The summed E-state index contributed by atoms with van der Waals surface area (Å²) in [5.41, 5.74) is 0.990. The monoisotopic (exact) mass is 438 g/mol. The van der Waals surface area contributed by atoms with Gasteiger partial charge in [0.1, 0.15) is 11.6 Å². The summed E-state index contributed by atoms with van der Waals surface area (Å²) < 4.78 is 6.59. The number of aromatic nitrogens is 5. The third kappa shape index (κ3) is 4.53. The zero-order valence-corrected chi connectivity index (χ0v) is 18.2. The Bertz CT molecular complexity index is 1180. The lowest BCUT2D eigenvalue weighted by Gasteiger charge is -2.31. The molecule has 10 heteroatoms. The lowest BCUT2D eigenvalue weighted by Crippen LogP contribution is -2.40. The number of piperidine rings is 1. The van der Waals surface area contributed by atoms with Crippen molar-refractivity contribution in [2.45, 2.75) is 32.1 Å². The molecular weight excluding hydrogens is 412 g/mol. The van der Waals surface area contributed by atoms with Gasteiger partial charge in [-0.2, -0.15) is 0 Å². The van der Waals surface area contributed by atoms with Crippen LogP contribution in [0.1, 0.15) is 41.9 Å². The maximum Gasteiger partial charge on any atom is 0.281 e. The van der Waals surface area contributed by atoms with Crippen LogP contribution >= 0.6 is 0 Å². The van der Waals surface area contributed by atoms with Crippen molar-refractivity contribution in [3.05, 3.63) is 46.0 Å². The van der Waals surface area contributed by atoms with Gasteiger partial charge in [0.2, 0.25) is 5.91 Å². The smallest absolute Gasteiger partial charge is 0.281 e. The lowest BCUT2D eigenvalue weighted by atomic mass is 9.88. The first kappa shape index (κ1) is 21.7. The number of amides is 1. The van der Waals surface area contributed by atoms with Gasteiger partial charge < -0.3 is 14.6 Å². The number of carbonyl (C=O) groups is 2. The molecule has 10 nitrogen and oxygen atoms in total. The molecule has 32 heavy (non-hydrogen) atoms. The van der Waals surface area contributed by atoms with Gasteiger partial charge >= 0.3 is 0 Å². The van der Waals surface area contributed by atoms with Gasteiger partial charge in [-0.1, -0.05) is 5.21 Å². The number of Topliss-reactive ketones (excluding diaryl/α,β-unsaturated/α-hetero) is 1. The molecule has 0 bridgehead atoms. The molecule has 168 valence electrons. The normalized spacial score (nSPS) is 14.6. The molecule has 1 amide bonds. The number of hydrogen-bond donors (Lipinski definition) is 1. The van der Waals surface area contributed by atoms with Gasteiger partial charge in [0.05, 0.1) is 7.11 Å². The Morgan fingerprint density at radius 1 is 1.19 bits per heavy atom. The van der Waals surface area contributed by atoms with Crippen LogP contribution in [0.3, 0.4) is 0 Å². The van der Waals surface area contributed by atoms with E-state index in [1.54, 1.807) is 38.4 Å². The number of ether oxygens (including phenoxy) is 1. The van der Waals surface area contributed by atoms with E-state index in [1.165, 1.54) is 4.68 Å². The summed E-state index contributed by atoms with van der Waals surface area (Å²) in [6, 6.07) is 7.15. The quantitative estimate of drug-likeness (QED) is 0.555. The van der Waals surface area contributed by atoms with Crippen molar-refractivity contribution >= 4 is 22.9 Å². The van der Waals surface area contributed by atoms with E-state index in [4.69, 9.17) is 4.74 Å². The fourth-order valence-electron chi connectivity index (χ4n) is 4.04. The summed E-state index contributed by atoms with van der Waals surface area (Å²) in [5.74, 6) is 1.35. The molecule has 1 fully saturated rings. The number of rotatable bonds is 7. The summed E-state index contributed by atoms with van der Waals surface area (Å²) in [4.78, 5) is 46.3. The van der Waals surface area contributed by atoms with Crippen molar-refractivity contribution in [3.8, 4) is 5.75 Å². The molecule has 2 aromatic heterocycles. The Balaban J connectivity index is 1.26. The van der Waals surface area contributed by atoms with Crippen LogP contribution in [-0.2, 0) is 18.3 Å². The molecule has 4 rings (SSSR count). The predicted octanol–water partition coefficient (Wildman–Crippen LogP) is 1.50. The molecule has 1 saturated heterocycles. The number of hydrogen-bond acceptors (Lipinski definition) is 7. The number of likely N-dealkylation sites (tertiary alicyclic amines) is 1. The summed E-state index contributed by atoms with van der Waals surface area (Å²) in [7, 11) is 3.27. The maximum absolute atomic E-state index is 12.7. The highest BCUT2D eigenvalue weighted by atomic mass is 16.5. The van der Waals surface area contributed by atoms with Crippen molar-refractivity contribution in [2.75, 3.05) is 20.2 Å². The number of benzene rings is 1. The minimum Gasteiger partial charge on any atom is -0.497 e. The summed E-state index contributed by atoms with van der Waals surface area (Å²) >= 11 is 0. The molecule has 0 atom stereocenters. The SMILES string of the molecule is COc1ccc(C(=O)C2CCN(C(=O)CCCc3nc4c(nnn4C)c(=O)[nH]3)CC2)cc1. The van der Waals surface area contributed by atoms with Crippen molar-refractivity contribution in [2.24, 2.45) is 13.0 Å². The van der Waals surface area contributed by atoms with E-state index in [0.29, 0.717) is 62.2 Å². The number of H-pyrrole nitrogens is 1.